The molecule has 0 radical (unpaired) electrons. The van der Waals surface area contributed by atoms with E-state index in [1.54, 1.807) is 6.07 Å². The van der Waals surface area contributed by atoms with E-state index < -0.39 is 0 Å². The van der Waals surface area contributed by atoms with E-state index in [0.29, 0.717) is 22.2 Å². The van der Waals surface area contributed by atoms with E-state index in [1.807, 2.05) is 39.6 Å². The average molecular weight is 394 g/mol. The number of amides is 1. The highest BCUT2D eigenvalue weighted by molar-refractivity contribution is 14.1. The van der Waals surface area contributed by atoms with Crippen molar-refractivity contribution in [1.82, 2.24) is 0 Å². The van der Waals surface area contributed by atoms with Crippen LogP contribution in [0.1, 0.15) is 11.1 Å². The summed E-state index contributed by atoms with van der Waals surface area (Å²) in [6.45, 7) is 0.640. The van der Waals surface area contributed by atoms with Crippen LogP contribution in [0.5, 0.6) is 0 Å². The second-order valence-corrected chi connectivity index (χ2v) is 6.55. The molecule has 1 atom stereocenters. The van der Waals surface area contributed by atoms with E-state index in [-0.39, 0.29) is 17.8 Å². The largest absolute Gasteiger partial charge is 0.353 e. The van der Waals surface area contributed by atoms with Crippen molar-refractivity contribution in [3.63, 3.8) is 0 Å². The molecule has 106 valence electrons. The summed E-state index contributed by atoms with van der Waals surface area (Å²) in [4.78, 5) is 14.4. The van der Waals surface area contributed by atoms with Crippen molar-refractivity contribution in [3.05, 3.63) is 56.9 Å². The maximum atomic E-state index is 13.9. The Labute approximate surface area is 135 Å². The maximum Gasteiger partial charge on any atom is 0.247 e. The van der Waals surface area contributed by atoms with E-state index in [4.69, 9.17) is 0 Å². The molecule has 0 saturated carbocycles. The third kappa shape index (κ3) is 2.02. The second kappa shape index (κ2) is 4.69. The molecule has 21 heavy (non-hydrogen) atoms. The van der Waals surface area contributed by atoms with Gasteiger partial charge in [0.25, 0.3) is 0 Å². The molecule has 2 aromatic rings. The molecule has 0 aliphatic carbocycles. The number of hydrogen-bond donors (Lipinski definition) is 1. The van der Waals surface area contributed by atoms with Crippen LogP contribution in [0.25, 0.3) is 0 Å². The highest BCUT2D eigenvalue weighted by atomic mass is 127. The Bertz CT molecular complexity index is 762. The SMILES string of the molecule is O=C1Nc2cc(I)c(F)cc2N2Cc3ccccc3CC12. The fraction of sp³-hybridized carbons (Fsp3) is 0.188. The Morgan fingerprint density at radius 1 is 1.24 bits per heavy atom. The van der Waals surface area contributed by atoms with Crippen LogP contribution in [0.15, 0.2) is 36.4 Å². The zero-order valence-electron chi connectivity index (χ0n) is 11.1. The number of anilines is 2. The van der Waals surface area contributed by atoms with E-state index >= 15 is 0 Å². The van der Waals surface area contributed by atoms with E-state index in [1.165, 1.54) is 17.2 Å². The number of halogens is 2. The fourth-order valence-corrected chi connectivity index (χ4v) is 3.57. The second-order valence-electron chi connectivity index (χ2n) is 5.39. The summed E-state index contributed by atoms with van der Waals surface area (Å²) in [5.41, 5.74) is 3.87. The predicted octanol–water partition coefficient (Wildman–Crippen LogP) is 3.31. The molecule has 2 aliphatic rings. The van der Waals surface area contributed by atoms with Gasteiger partial charge in [0.2, 0.25) is 5.91 Å². The summed E-state index contributed by atoms with van der Waals surface area (Å²) in [7, 11) is 0. The minimum Gasteiger partial charge on any atom is -0.353 e. The highest BCUT2D eigenvalue weighted by Crippen LogP contribution is 2.39. The van der Waals surface area contributed by atoms with Gasteiger partial charge in [0.1, 0.15) is 11.9 Å². The Hall–Kier alpha value is -1.63. The van der Waals surface area contributed by atoms with Crippen LogP contribution < -0.4 is 10.2 Å². The van der Waals surface area contributed by atoms with Gasteiger partial charge in [0, 0.05) is 19.0 Å². The average Bonchev–Trinajstić information content (AvgIpc) is 2.48. The molecule has 1 N–H and O–H groups in total. The Kier molecular flexibility index (Phi) is 2.92. The van der Waals surface area contributed by atoms with Crippen LogP contribution >= 0.6 is 22.6 Å². The number of fused-ring (bicyclic) bond motifs is 4. The van der Waals surface area contributed by atoms with Gasteiger partial charge in [-0.2, -0.15) is 0 Å². The Morgan fingerprint density at radius 3 is 2.81 bits per heavy atom. The molecule has 2 heterocycles. The van der Waals surface area contributed by atoms with Crippen molar-refractivity contribution in [2.45, 2.75) is 19.0 Å². The monoisotopic (exact) mass is 394 g/mol. The molecule has 1 unspecified atom stereocenters. The smallest absolute Gasteiger partial charge is 0.247 e. The van der Waals surface area contributed by atoms with Crippen molar-refractivity contribution in [2.24, 2.45) is 0 Å². The molecular formula is C16H12FIN2O. The number of hydrogen-bond acceptors (Lipinski definition) is 2. The Balaban J connectivity index is 1.85. The molecular weight excluding hydrogens is 382 g/mol. The number of carbonyl (C=O) groups is 1. The number of nitrogens with one attached hydrogen (secondary N) is 1. The number of benzene rings is 2. The zero-order chi connectivity index (χ0) is 14.6. The summed E-state index contributed by atoms with van der Waals surface area (Å²) >= 11 is 1.94. The van der Waals surface area contributed by atoms with Crippen molar-refractivity contribution in [1.29, 1.82) is 0 Å². The fourth-order valence-electron chi connectivity index (χ4n) is 3.10. The summed E-state index contributed by atoms with van der Waals surface area (Å²) < 4.78 is 14.4. The summed E-state index contributed by atoms with van der Waals surface area (Å²) in [6, 6.07) is 11.1. The molecule has 2 aliphatic heterocycles. The van der Waals surface area contributed by atoms with Gasteiger partial charge < -0.3 is 10.2 Å². The van der Waals surface area contributed by atoms with E-state index in [0.717, 1.165) is 5.69 Å². The lowest BCUT2D eigenvalue weighted by Gasteiger charge is -2.41. The molecule has 0 bridgehead atoms. The first-order chi connectivity index (χ1) is 10.1. The zero-order valence-corrected chi connectivity index (χ0v) is 13.2. The van der Waals surface area contributed by atoms with Gasteiger partial charge in [-0.1, -0.05) is 24.3 Å². The molecule has 4 rings (SSSR count). The molecule has 0 fully saturated rings. The lowest BCUT2D eigenvalue weighted by Crippen LogP contribution is -2.51. The van der Waals surface area contributed by atoms with Crippen LogP contribution in [-0.4, -0.2) is 11.9 Å². The number of rotatable bonds is 0. The molecule has 3 nitrogen and oxygen atoms in total. The standard InChI is InChI=1S/C16H12FIN2O/c17-11-6-14-13(7-12(11)18)19-16(21)15-5-9-3-1-2-4-10(9)8-20(14)15/h1-4,6-7,15H,5,8H2,(H,19,21). The first kappa shape index (κ1) is 13.1. The van der Waals surface area contributed by atoms with Gasteiger partial charge in [-0.3, -0.25) is 4.79 Å². The van der Waals surface area contributed by atoms with E-state index in [9.17, 15) is 9.18 Å². The lowest BCUT2D eigenvalue weighted by atomic mass is 9.91. The first-order valence-corrected chi connectivity index (χ1v) is 7.84. The van der Waals surface area contributed by atoms with E-state index in [2.05, 4.69) is 17.4 Å². The third-order valence-electron chi connectivity index (χ3n) is 4.16. The minimum absolute atomic E-state index is 0.0144. The Morgan fingerprint density at radius 2 is 2.00 bits per heavy atom. The van der Waals surface area contributed by atoms with Gasteiger partial charge in [-0.15, -0.1) is 0 Å². The molecule has 0 spiro atoms. The molecule has 1 amide bonds. The quantitative estimate of drug-likeness (QED) is 0.696. The van der Waals surface area contributed by atoms with Crippen LogP contribution in [0.4, 0.5) is 15.8 Å². The van der Waals surface area contributed by atoms with Gasteiger partial charge in [0.15, 0.2) is 0 Å². The van der Waals surface area contributed by atoms with Gasteiger partial charge in [-0.05, 0) is 39.8 Å². The third-order valence-corrected chi connectivity index (χ3v) is 4.98. The lowest BCUT2D eigenvalue weighted by molar-refractivity contribution is -0.117. The molecule has 0 saturated heterocycles. The molecule has 2 aromatic carbocycles. The van der Waals surface area contributed by atoms with Crippen LogP contribution in [-0.2, 0) is 17.8 Å². The van der Waals surface area contributed by atoms with Gasteiger partial charge in [-0.25, -0.2) is 4.39 Å². The van der Waals surface area contributed by atoms with Crippen LogP contribution in [0, 0.1) is 9.39 Å². The normalized spacial score (nSPS) is 19.4. The molecule has 5 heteroatoms. The van der Waals surface area contributed by atoms with Crippen LogP contribution in [0.2, 0.25) is 0 Å². The molecule has 0 aromatic heterocycles. The van der Waals surface area contributed by atoms with Crippen molar-refractivity contribution in [2.75, 3.05) is 10.2 Å². The van der Waals surface area contributed by atoms with Crippen molar-refractivity contribution in [3.8, 4) is 0 Å². The maximum absolute atomic E-state index is 13.9. The summed E-state index contributed by atoms with van der Waals surface area (Å²) in [5.74, 6) is -0.262. The van der Waals surface area contributed by atoms with Crippen molar-refractivity contribution < 1.29 is 9.18 Å². The van der Waals surface area contributed by atoms with Crippen LogP contribution in [0.3, 0.4) is 0 Å². The predicted molar refractivity (Wildman–Crippen MR) is 87.9 cm³/mol. The number of nitrogens with zero attached hydrogens (tertiary/aromatic N) is 1. The topological polar surface area (TPSA) is 32.3 Å². The van der Waals surface area contributed by atoms with Crippen molar-refractivity contribution >= 4 is 39.9 Å². The van der Waals surface area contributed by atoms with Gasteiger partial charge in [0.05, 0.1) is 14.9 Å². The summed E-state index contributed by atoms with van der Waals surface area (Å²) in [5, 5.41) is 2.91. The van der Waals surface area contributed by atoms with Gasteiger partial charge >= 0.3 is 0 Å². The highest BCUT2D eigenvalue weighted by Gasteiger charge is 2.37. The summed E-state index contributed by atoms with van der Waals surface area (Å²) in [6.07, 6.45) is 0.662. The number of carbonyl (C=O) groups excluding carboxylic acids is 1. The first-order valence-electron chi connectivity index (χ1n) is 6.77. The minimum atomic E-state index is -0.258.